The topological polar surface area (TPSA) is 60.2 Å². The number of hydrogen-bond donors (Lipinski definition) is 0. The highest BCUT2D eigenvalue weighted by molar-refractivity contribution is 7.99. The molecule has 3 aromatic rings. The summed E-state index contributed by atoms with van der Waals surface area (Å²) in [4.78, 5) is 13.5. The van der Waals surface area contributed by atoms with E-state index in [0.29, 0.717) is 10.9 Å². The van der Waals surface area contributed by atoms with E-state index in [1.807, 2.05) is 59.2 Å². The summed E-state index contributed by atoms with van der Waals surface area (Å²) in [6.07, 6.45) is 0. The predicted octanol–water partition coefficient (Wildman–Crippen LogP) is 3.12. The van der Waals surface area contributed by atoms with Crippen LogP contribution in [0.5, 0.6) is 5.75 Å². The van der Waals surface area contributed by atoms with Crippen molar-refractivity contribution < 1.29 is 9.53 Å². The van der Waals surface area contributed by atoms with Gasteiger partial charge in [-0.05, 0) is 24.3 Å². The van der Waals surface area contributed by atoms with Crippen LogP contribution in [-0.4, -0.2) is 52.5 Å². The van der Waals surface area contributed by atoms with E-state index in [-0.39, 0.29) is 5.91 Å². The van der Waals surface area contributed by atoms with Gasteiger partial charge in [0.2, 0.25) is 5.91 Å². The molecular formula is C19H20N4O2S. The highest BCUT2D eigenvalue weighted by atomic mass is 32.2. The van der Waals surface area contributed by atoms with Crippen molar-refractivity contribution in [2.75, 3.05) is 27.0 Å². The summed E-state index contributed by atoms with van der Waals surface area (Å²) in [5.74, 6) is 1.84. The number of amides is 1. The first kappa shape index (κ1) is 18.0. The molecule has 0 radical (unpaired) electrons. The average molecular weight is 368 g/mol. The first-order valence-electron chi connectivity index (χ1n) is 8.08. The number of benzene rings is 2. The summed E-state index contributed by atoms with van der Waals surface area (Å²) >= 11 is 1.37. The molecule has 0 aliphatic heterocycles. The number of aromatic nitrogens is 3. The molecule has 0 unspecified atom stereocenters. The second-order valence-corrected chi connectivity index (χ2v) is 6.72. The molecule has 1 aromatic heterocycles. The SMILES string of the molecule is COc1ccc(-n2c(SCC(=O)N(C)C)nnc2-c2ccccc2)cc1. The molecule has 26 heavy (non-hydrogen) atoms. The van der Waals surface area contributed by atoms with E-state index in [2.05, 4.69) is 10.2 Å². The van der Waals surface area contributed by atoms with Gasteiger partial charge in [-0.25, -0.2) is 0 Å². The number of ether oxygens (including phenoxy) is 1. The normalized spacial score (nSPS) is 10.6. The van der Waals surface area contributed by atoms with Crippen molar-refractivity contribution in [1.82, 2.24) is 19.7 Å². The molecule has 2 aromatic carbocycles. The van der Waals surface area contributed by atoms with E-state index in [4.69, 9.17) is 4.74 Å². The third-order valence-corrected chi connectivity index (χ3v) is 4.73. The van der Waals surface area contributed by atoms with Crippen LogP contribution >= 0.6 is 11.8 Å². The van der Waals surface area contributed by atoms with Crippen molar-refractivity contribution in [2.24, 2.45) is 0 Å². The van der Waals surface area contributed by atoms with E-state index < -0.39 is 0 Å². The van der Waals surface area contributed by atoms with Gasteiger partial charge in [-0.3, -0.25) is 9.36 Å². The number of hydrogen-bond acceptors (Lipinski definition) is 5. The minimum absolute atomic E-state index is 0.0283. The summed E-state index contributed by atoms with van der Waals surface area (Å²) in [5, 5.41) is 9.35. The van der Waals surface area contributed by atoms with Crippen LogP contribution in [0.4, 0.5) is 0 Å². The molecule has 7 heteroatoms. The Kier molecular flexibility index (Phi) is 5.58. The van der Waals surface area contributed by atoms with Crippen molar-refractivity contribution >= 4 is 17.7 Å². The fourth-order valence-corrected chi connectivity index (χ4v) is 3.29. The van der Waals surface area contributed by atoms with Crippen molar-refractivity contribution in [3.63, 3.8) is 0 Å². The molecule has 0 fully saturated rings. The highest BCUT2D eigenvalue weighted by Gasteiger charge is 2.17. The van der Waals surface area contributed by atoms with Gasteiger partial charge < -0.3 is 9.64 Å². The van der Waals surface area contributed by atoms with Gasteiger partial charge in [0.05, 0.1) is 12.9 Å². The standard InChI is InChI=1S/C19H20N4O2S/c1-22(2)17(24)13-26-19-21-20-18(14-7-5-4-6-8-14)23(19)15-9-11-16(25-3)12-10-15/h4-12H,13H2,1-3H3. The van der Waals surface area contributed by atoms with Gasteiger partial charge >= 0.3 is 0 Å². The van der Waals surface area contributed by atoms with Crippen LogP contribution in [0.25, 0.3) is 17.1 Å². The summed E-state index contributed by atoms with van der Waals surface area (Å²) < 4.78 is 7.20. The van der Waals surface area contributed by atoms with Gasteiger partial charge in [-0.2, -0.15) is 0 Å². The van der Waals surface area contributed by atoms with Gasteiger partial charge in [0, 0.05) is 25.3 Å². The minimum Gasteiger partial charge on any atom is -0.497 e. The Morgan fingerprint density at radius 1 is 1.08 bits per heavy atom. The average Bonchev–Trinajstić information content (AvgIpc) is 3.10. The Morgan fingerprint density at radius 2 is 1.77 bits per heavy atom. The lowest BCUT2D eigenvalue weighted by molar-refractivity contribution is -0.125. The Balaban J connectivity index is 2.01. The van der Waals surface area contributed by atoms with Crippen molar-refractivity contribution in [2.45, 2.75) is 5.16 Å². The number of nitrogens with zero attached hydrogens (tertiary/aromatic N) is 4. The number of methoxy groups -OCH3 is 1. The molecule has 6 nitrogen and oxygen atoms in total. The zero-order chi connectivity index (χ0) is 18.5. The van der Waals surface area contributed by atoms with E-state index in [1.165, 1.54) is 11.8 Å². The highest BCUT2D eigenvalue weighted by Crippen LogP contribution is 2.28. The summed E-state index contributed by atoms with van der Waals surface area (Å²) in [6, 6.07) is 17.6. The molecule has 0 saturated carbocycles. The lowest BCUT2D eigenvalue weighted by atomic mass is 10.2. The van der Waals surface area contributed by atoms with E-state index in [9.17, 15) is 4.79 Å². The largest absolute Gasteiger partial charge is 0.497 e. The third-order valence-electron chi connectivity index (χ3n) is 3.82. The second-order valence-electron chi connectivity index (χ2n) is 5.78. The smallest absolute Gasteiger partial charge is 0.232 e. The first-order valence-corrected chi connectivity index (χ1v) is 9.07. The number of carbonyl (C=O) groups excluding carboxylic acids is 1. The maximum atomic E-state index is 12.0. The van der Waals surface area contributed by atoms with E-state index >= 15 is 0 Å². The lowest BCUT2D eigenvalue weighted by Crippen LogP contribution is -2.23. The van der Waals surface area contributed by atoms with Crippen LogP contribution in [-0.2, 0) is 4.79 Å². The molecule has 0 atom stereocenters. The maximum Gasteiger partial charge on any atom is 0.232 e. The molecular weight excluding hydrogens is 348 g/mol. The fourth-order valence-electron chi connectivity index (χ4n) is 2.36. The van der Waals surface area contributed by atoms with Gasteiger partial charge in [0.15, 0.2) is 11.0 Å². The zero-order valence-corrected chi connectivity index (χ0v) is 15.7. The minimum atomic E-state index is 0.0283. The summed E-state index contributed by atoms with van der Waals surface area (Å²) in [5.41, 5.74) is 1.87. The summed E-state index contributed by atoms with van der Waals surface area (Å²) in [7, 11) is 5.12. The molecule has 0 N–H and O–H groups in total. The second kappa shape index (κ2) is 8.05. The van der Waals surface area contributed by atoms with Gasteiger partial charge in [0.25, 0.3) is 0 Å². The van der Waals surface area contributed by atoms with Crippen LogP contribution in [0.1, 0.15) is 0 Å². The van der Waals surface area contributed by atoms with Crippen molar-refractivity contribution in [1.29, 1.82) is 0 Å². The lowest BCUT2D eigenvalue weighted by Gasteiger charge is -2.12. The molecule has 3 rings (SSSR count). The molecule has 134 valence electrons. The Morgan fingerprint density at radius 3 is 2.38 bits per heavy atom. The van der Waals surface area contributed by atoms with Crippen LogP contribution in [0, 0.1) is 0 Å². The van der Waals surface area contributed by atoms with Crippen molar-refractivity contribution in [3.05, 3.63) is 54.6 Å². The molecule has 0 aliphatic carbocycles. The maximum absolute atomic E-state index is 12.0. The zero-order valence-electron chi connectivity index (χ0n) is 14.9. The monoisotopic (exact) mass is 368 g/mol. The number of rotatable bonds is 6. The molecule has 0 aliphatic rings. The molecule has 0 spiro atoms. The fraction of sp³-hybridized carbons (Fsp3) is 0.211. The van der Waals surface area contributed by atoms with Crippen LogP contribution in [0.3, 0.4) is 0 Å². The first-order chi connectivity index (χ1) is 12.6. The number of thioether (sulfide) groups is 1. The van der Waals surface area contributed by atoms with Gasteiger partial charge in [-0.15, -0.1) is 10.2 Å². The molecule has 1 heterocycles. The molecule has 0 bridgehead atoms. The van der Waals surface area contributed by atoms with Gasteiger partial charge in [-0.1, -0.05) is 42.1 Å². The van der Waals surface area contributed by atoms with Crippen molar-refractivity contribution in [3.8, 4) is 22.8 Å². The van der Waals surface area contributed by atoms with E-state index in [1.54, 1.807) is 26.1 Å². The molecule has 1 amide bonds. The van der Waals surface area contributed by atoms with Gasteiger partial charge in [0.1, 0.15) is 5.75 Å². The van der Waals surface area contributed by atoms with Crippen LogP contribution in [0.15, 0.2) is 59.8 Å². The van der Waals surface area contributed by atoms with E-state index in [0.717, 1.165) is 22.8 Å². The predicted molar refractivity (Wildman–Crippen MR) is 103 cm³/mol. The summed E-state index contributed by atoms with van der Waals surface area (Å²) in [6.45, 7) is 0. The molecule has 0 saturated heterocycles. The van der Waals surface area contributed by atoms with Crippen LogP contribution in [0.2, 0.25) is 0 Å². The third kappa shape index (κ3) is 3.88. The Labute approximate surface area is 156 Å². The number of carbonyl (C=O) groups is 1. The quantitative estimate of drug-likeness (QED) is 0.626. The van der Waals surface area contributed by atoms with Crippen LogP contribution < -0.4 is 4.74 Å². The Hall–Kier alpha value is -2.80. The Bertz CT molecular complexity index is 876.